The van der Waals surface area contributed by atoms with Gasteiger partial charge in [-0.25, -0.2) is 0 Å². The summed E-state index contributed by atoms with van der Waals surface area (Å²) in [5.41, 5.74) is 3.59. The predicted molar refractivity (Wildman–Crippen MR) is 108 cm³/mol. The minimum absolute atomic E-state index is 0.269. The Kier molecular flexibility index (Phi) is 5.14. The number of aromatic amines is 1. The van der Waals surface area contributed by atoms with Crippen molar-refractivity contribution in [1.29, 1.82) is 0 Å². The molecule has 1 fully saturated rings. The van der Waals surface area contributed by atoms with E-state index in [0.717, 1.165) is 43.5 Å². The molecule has 4 rings (SSSR count). The van der Waals surface area contributed by atoms with E-state index in [1.807, 2.05) is 30.5 Å². The Morgan fingerprint density at radius 3 is 3.00 bits per heavy atom. The number of methoxy groups -OCH3 is 1. The minimum Gasteiger partial charge on any atom is -0.497 e. The molecule has 1 aliphatic rings. The van der Waals surface area contributed by atoms with Crippen LogP contribution < -0.4 is 4.74 Å². The number of ether oxygens (including phenoxy) is 1. The number of para-hydroxylation sites is 1. The van der Waals surface area contributed by atoms with Crippen LogP contribution in [0.15, 0.2) is 54.7 Å². The van der Waals surface area contributed by atoms with Gasteiger partial charge in [-0.2, -0.15) is 0 Å². The molecule has 4 nitrogen and oxygen atoms in total. The number of fused-ring (bicyclic) bond motifs is 1. The lowest BCUT2D eigenvalue weighted by Gasteiger charge is -2.25. The molecule has 0 spiro atoms. The Labute approximate surface area is 160 Å². The summed E-state index contributed by atoms with van der Waals surface area (Å²) in [7, 11) is 1.69. The Balaban J connectivity index is 1.40. The molecule has 1 unspecified atom stereocenters. The monoisotopic (exact) mass is 362 g/mol. The Bertz CT molecular complexity index is 931. The van der Waals surface area contributed by atoms with Gasteiger partial charge in [0, 0.05) is 36.1 Å². The molecule has 1 amide bonds. The molecule has 1 aliphatic heterocycles. The van der Waals surface area contributed by atoms with Crippen molar-refractivity contribution in [1.82, 2.24) is 9.88 Å². The summed E-state index contributed by atoms with van der Waals surface area (Å²) >= 11 is 0. The second-order valence-corrected chi connectivity index (χ2v) is 7.30. The van der Waals surface area contributed by atoms with E-state index in [-0.39, 0.29) is 5.91 Å². The van der Waals surface area contributed by atoms with E-state index in [9.17, 15) is 4.79 Å². The summed E-state index contributed by atoms with van der Waals surface area (Å²) in [5, 5.41) is 1.22. The second kappa shape index (κ2) is 7.87. The van der Waals surface area contributed by atoms with Crippen LogP contribution >= 0.6 is 0 Å². The molecular weight excluding hydrogens is 336 g/mol. The van der Waals surface area contributed by atoms with Crippen molar-refractivity contribution in [3.63, 3.8) is 0 Å². The van der Waals surface area contributed by atoms with Crippen LogP contribution in [-0.4, -0.2) is 35.5 Å². The van der Waals surface area contributed by atoms with Crippen molar-refractivity contribution in [2.45, 2.75) is 38.1 Å². The molecule has 4 heteroatoms. The molecule has 1 saturated heterocycles. The number of H-pyrrole nitrogens is 1. The highest BCUT2D eigenvalue weighted by Gasteiger charge is 2.28. The highest BCUT2D eigenvalue weighted by Crippen LogP contribution is 2.25. The van der Waals surface area contributed by atoms with Crippen LogP contribution in [0.4, 0.5) is 0 Å². The fourth-order valence-corrected chi connectivity index (χ4v) is 4.17. The Morgan fingerprint density at radius 2 is 2.11 bits per heavy atom. The molecule has 0 aliphatic carbocycles. The first-order valence-corrected chi connectivity index (χ1v) is 9.72. The van der Waals surface area contributed by atoms with E-state index in [1.54, 1.807) is 7.11 Å². The molecule has 3 aromatic rings. The molecular formula is C23H26N2O2. The third-order valence-corrected chi connectivity index (χ3v) is 5.59. The third kappa shape index (κ3) is 3.85. The number of aryl methyl sites for hydroxylation is 1. The second-order valence-electron chi connectivity index (χ2n) is 7.30. The topological polar surface area (TPSA) is 45.3 Å². The highest BCUT2D eigenvalue weighted by atomic mass is 16.5. The first-order valence-electron chi connectivity index (χ1n) is 9.72. The normalized spacial score (nSPS) is 16.8. The van der Waals surface area contributed by atoms with E-state index >= 15 is 0 Å². The molecule has 2 heterocycles. The zero-order valence-electron chi connectivity index (χ0n) is 15.8. The summed E-state index contributed by atoms with van der Waals surface area (Å²) in [6.45, 7) is 0.876. The molecule has 1 N–H and O–H groups in total. The van der Waals surface area contributed by atoms with Crippen molar-refractivity contribution in [2.75, 3.05) is 13.7 Å². The number of nitrogens with one attached hydrogen (secondary N) is 1. The van der Waals surface area contributed by atoms with Gasteiger partial charge in [-0.1, -0.05) is 30.3 Å². The fraction of sp³-hybridized carbons (Fsp3) is 0.348. The van der Waals surface area contributed by atoms with Gasteiger partial charge < -0.3 is 14.6 Å². The third-order valence-electron chi connectivity index (χ3n) is 5.59. The molecule has 1 aromatic heterocycles. The van der Waals surface area contributed by atoms with Gasteiger partial charge in [0.15, 0.2) is 0 Å². The zero-order valence-corrected chi connectivity index (χ0v) is 15.8. The summed E-state index contributed by atoms with van der Waals surface area (Å²) in [5.74, 6) is 1.15. The Morgan fingerprint density at radius 1 is 1.22 bits per heavy atom. The van der Waals surface area contributed by atoms with Gasteiger partial charge in [0.1, 0.15) is 5.75 Å². The number of benzene rings is 2. The van der Waals surface area contributed by atoms with Crippen molar-refractivity contribution < 1.29 is 9.53 Å². The van der Waals surface area contributed by atoms with Crippen molar-refractivity contribution in [3.8, 4) is 5.75 Å². The van der Waals surface area contributed by atoms with Gasteiger partial charge in [0.25, 0.3) is 0 Å². The van der Waals surface area contributed by atoms with E-state index in [1.165, 1.54) is 16.5 Å². The van der Waals surface area contributed by atoms with E-state index < -0.39 is 0 Å². The number of rotatable bonds is 6. The molecule has 0 radical (unpaired) electrons. The molecule has 27 heavy (non-hydrogen) atoms. The van der Waals surface area contributed by atoms with Crippen LogP contribution in [0, 0.1) is 0 Å². The maximum Gasteiger partial charge on any atom is 0.223 e. The highest BCUT2D eigenvalue weighted by molar-refractivity contribution is 5.84. The lowest BCUT2D eigenvalue weighted by molar-refractivity contribution is -0.131. The van der Waals surface area contributed by atoms with Gasteiger partial charge in [-0.05, 0) is 55.0 Å². The maximum absolute atomic E-state index is 12.9. The van der Waals surface area contributed by atoms with Crippen LogP contribution in [0.5, 0.6) is 5.75 Å². The number of nitrogens with zero attached hydrogens (tertiary/aromatic N) is 1. The summed E-state index contributed by atoms with van der Waals surface area (Å²) < 4.78 is 5.33. The number of hydrogen-bond acceptors (Lipinski definition) is 2. The van der Waals surface area contributed by atoms with Crippen LogP contribution in [0.3, 0.4) is 0 Å². The van der Waals surface area contributed by atoms with Crippen LogP contribution in [0.1, 0.15) is 30.4 Å². The fourth-order valence-electron chi connectivity index (χ4n) is 4.17. The number of amides is 1. The number of carbonyl (C=O) groups excluding carboxylic acids is 1. The molecule has 2 aromatic carbocycles. The molecule has 1 atom stereocenters. The van der Waals surface area contributed by atoms with Crippen molar-refractivity contribution in [3.05, 3.63) is 65.9 Å². The van der Waals surface area contributed by atoms with E-state index in [4.69, 9.17) is 4.74 Å². The molecule has 140 valence electrons. The smallest absolute Gasteiger partial charge is 0.223 e. The van der Waals surface area contributed by atoms with Gasteiger partial charge in [0.2, 0.25) is 5.91 Å². The SMILES string of the molecule is COc1cccc(CC2CCCN2C(=O)CCc2c[nH]c3ccccc23)c1. The lowest BCUT2D eigenvalue weighted by Crippen LogP contribution is -2.36. The van der Waals surface area contributed by atoms with Gasteiger partial charge in [0.05, 0.1) is 7.11 Å². The quantitative estimate of drug-likeness (QED) is 0.709. The standard InChI is InChI=1S/C23H26N2O2/c1-27-20-8-4-6-17(15-20)14-19-7-5-13-25(19)23(26)12-11-18-16-24-22-10-3-2-9-21(18)22/h2-4,6,8-10,15-16,19,24H,5,7,11-14H2,1H3. The zero-order chi connectivity index (χ0) is 18.6. The predicted octanol–water partition coefficient (Wildman–Crippen LogP) is 4.34. The Hall–Kier alpha value is -2.75. The van der Waals surface area contributed by atoms with E-state index in [2.05, 4.69) is 34.1 Å². The minimum atomic E-state index is 0.269. The summed E-state index contributed by atoms with van der Waals surface area (Å²) in [6.07, 6.45) is 6.46. The molecule has 0 bridgehead atoms. The van der Waals surface area contributed by atoms with Crippen LogP contribution in [0.25, 0.3) is 10.9 Å². The average molecular weight is 362 g/mol. The number of likely N-dealkylation sites (tertiary alicyclic amines) is 1. The van der Waals surface area contributed by atoms with Crippen LogP contribution in [-0.2, 0) is 17.6 Å². The number of aromatic nitrogens is 1. The summed E-state index contributed by atoms with van der Waals surface area (Å²) in [4.78, 5) is 18.3. The number of carbonyl (C=O) groups is 1. The maximum atomic E-state index is 12.9. The first-order chi connectivity index (χ1) is 13.2. The van der Waals surface area contributed by atoms with Crippen LogP contribution in [0.2, 0.25) is 0 Å². The van der Waals surface area contributed by atoms with Gasteiger partial charge in [-0.15, -0.1) is 0 Å². The summed E-state index contributed by atoms with van der Waals surface area (Å²) in [6, 6.07) is 16.7. The van der Waals surface area contributed by atoms with Gasteiger partial charge in [-0.3, -0.25) is 4.79 Å². The first kappa shape index (κ1) is 17.7. The van der Waals surface area contributed by atoms with Gasteiger partial charge >= 0.3 is 0 Å². The molecule has 0 saturated carbocycles. The van der Waals surface area contributed by atoms with Crippen molar-refractivity contribution >= 4 is 16.8 Å². The number of hydrogen-bond donors (Lipinski definition) is 1. The van der Waals surface area contributed by atoms with Crippen molar-refractivity contribution in [2.24, 2.45) is 0 Å². The largest absolute Gasteiger partial charge is 0.497 e. The lowest BCUT2D eigenvalue weighted by atomic mass is 10.0. The van der Waals surface area contributed by atoms with E-state index in [0.29, 0.717) is 12.5 Å². The average Bonchev–Trinajstić information content (AvgIpc) is 3.33.